The Balaban J connectivity index is 2.48. The molecule has 1 atom stereocenters. The summed E-state index contributed by atoms with van der Waals surface area (Å²) in [5.41, 5.74) is 0. The van der Waals surface area contributed by atoms with Crippen molar-refractivity contribution in [2.24, 2.45) is 0 Å². The van der Waals surface area contributed by atoms with E-state index in [0.29, 0.717) is 26.3 Å². The van der Waals surface area contributed by atoms with E-state index in [0.717, 1.165) is 0 Å². The molecule has 1 N–H and O–H groups in total. The van der Waals surface area contributed by atoms with Crippen LogP contribution < -0.4 is 0 Å². The number of ether oxygens (including phenoxy) is 1. The Morgan fingerprint density at radius 2 is 2.08 bits per heavy atom. The van der Waals surface area contributed by atoms with E-state index in [2.05, 4.69) is 0 Å². The fourth-order valence-corrected chi connectivity index (χ4v) is 3.07. The Morgan fingerprint density at radius 3 is 2.58 bits per heavy atom. The molecule has 0 spiro atoms. The van der Waals surface area contributed by atoms with Crippen LogP contribution in [0.5, 0.6) is 0 Å². The SMILES string of the molecule is O=P(O)(CCCl)N1CCOCC1. The first-order valence-corrected chi connectivity index (χ1v) is 6.21. The fourth-order valence-electron chi connectivity index (χ4n) is 1.12. The number of alkyl halides is 1. The van der Waals surface area contributed by atoms with E-state index in [9.17, 15) is 9.46 Å². The second-order valence-corrected chi connectivity index (χ2v) is 5.36. The van der Waals surface area contributed by atoms with Crippen LogP contribution in [0.15, 0.2) is 0 Å². The maximum atomic E-state index is 11.5. The number of morpholine rings is 1. The second kappa shape index (κ2) is 4.58. The quantitative estimate of drug-likeness (QED) is 0.555. The predicted molar refractivity (Wildman–Crippen MR) is 47.8 cm³/mol. The summed E-state index contributed by atoms with van der Waals surface area (Å²) in [7, 11) is -3.15. The van der Waals surface area contributed by atoms with Gasteiger partial charge >= 0.3 is 0 Å². The van der Waals surface area contributed by atoms with Gasteiger partial charge in [0.1, 0.15) is 0 Å². The van der Waals surface area contributed by atoms with Crippen molar-refractivity contribution in [1.29, 1.82) is 0 Å². The number of rotatable bonds is 3. The molecule has 72 valence electrons. The van der Waals surface area contributed by atoms with E-state index in [1.165, 1.54) is 0 Å². The zero-order valence-corrected chi connectivity index (χ0v) is 8.43. The third-order valence-electron chi connectivity index (χ3n) is 1.81. The highest BCUT2D eigenvalue weighted by Crippen LogP contribution is 2.44. The van der Waals surface area contributed by atoms with Gasteiger partial charge in [0.15, 0.2) is 0 Å². The first-order valence-electron chi connectivity index (χ1n) is 3.88. The van der Waals surface area contributed by atoms with Crippen LogP contribution in [0.25, 0.3) is 0 Å². The Labute approximate surface area is 77.0 Å². The normalized spacial score (nSPS) is 25.2. The Morgan fingerprint density at radius 1 is 1.50 bits per heavy atom. The Kier molecular flexibility index (Phi) is 4.00. The molecule has 0 bridgehead atoms. The topological polar surface area (TPSA) is 49.8 Å². The molecule has 4 nitrogen and oxygen atoms in total. The van der Waals surface area contributed by atoms with Gasteiger partial charge in [0.2, 0.25) is 0 Å². The van der Waals surface area contributed by atoms with Crippen molar-refractivity contribution in [3.63, 3.8) is 0 Å². The van der Waals surface area contributed by atoms with Crippen LogP contribution in [-0.2, 0) is 9.30 Å². The van der Waals surface area contributed by atoms with Gasteiger partial charge in [-0.3, -0.25) is 4.57 Å². The van der Waals surface area contributed by atoms with Crippen LogP contribution in [0.3, 0.4) is 0 Å². The largest absolute Gasteiger partial charge is 0.379 e. The van der Waals surface area contributed by atoms with E-state index in [1.807, 2.05) is 0 Å². The minimum Gasteiger partial charge on any atom is -0.379 e. The van der Waals surface area contributed by atoms with Crippen molar-refractivity contribution in [2.75, 3.05) is 38.3 Å². The predicted octanol–water partition coefficient (Wildman–Crippen LogP) is 0.743. The lowest BCUT2D eigenvalue weighted by atomic mass is 10.5. The molecule has 6 heteroatoms. The summed E-state index contributed by atoms with van der Waals surface area (Å²) in [6.07, 6.45) is 0.161. The maximum Gasteiger partial charge on any atom is 0.271 e. The number of hydrogen-bond acceptors (Lipinski definition) is 2. The Bertz CT molecular complexity index is 184. The third-order valence-corrected chi connectivity index (χ3v) is 4.35. The molecule has 1 aliphatic heterocycles. The number of nitrogens with zero attached hydrogens (tertiary/aromatic N) is 1. The molecule has 0 aromatic carbocycles. The maximum absolute atomic E-state index is 11.5. The minimum absolute atomic E-state index is 0.161. The molecule has 1 unspecified atom stereocenters. The van der Waals surface area contributed by atoms with Gasteiger partial charge < -0.3 is 9.63 Å². The first kappa shape index (κ1) is 10.5. The van der Waals surface area contributed by atoms with Crippen LogP contribution in [0.4, 0.5) is 0 Å². The number of halogens is 1. The molecule has 0 amide bonds. The highest BCUT2D eigenvalue weighted by Gasteiger charge is 2.28. The van der Waals surface area contributed by atoms with Crippen LogP contribution in [-0.4, -0.2) is 47.9 Å². The average Bonchev–Trinajstić information content (AvgIpc) is 2.06. The molecule has 0 aliphatic carbocycles. The molecule has 1 fully saturated rings. The summed E-state index contributed by atoms with van der Waals surface area (Å²) in [5, 5.41) is 0. The lowest BCUT2D eigenvalue weighted by Gasteiger charge is -2.30. The molecular formula is C6H13ClNO3P. The monoisotopic (exact) mass is 213 g/mol. The number of hydrogen-bond donors (Lipinski definition) is 1. The van der Waals surface area contributed by atoms with Gasteiger partial charge in [0, 0.05) is 19.0 Å². The summed E-state index contributed by atoms with van der Waals surface area (Å²) in [4.78, 5) is 9.48. The van der Waals surface area contributed by atoms with E-state index in [-0.39, 0.29) is 12.0 Å². The molecule has 1 aliphatic rings. The standard InChI is InChI=1S/C6H13ClNO3P/c7-1-6-12(9,10)8-2-4-11-5-3-8/h1-6H2,(H,9,10). The van der Waals surface area contributed by atoms with Crippen molar-refractivity contribution < 1.29 is 14.2 Å². The molecule has 0 aromatic heterocycles. The van der Waals surface area contributed by atoms with E-state index >= 15 is 0 Å². The zero-order chi connectivity index (χ0) is 9.03. The van der Waals surface area contributed by atoms with Gasteiger partial charge in [0.25, 0.3) is 7.52 Å². The fraction of sp³-hybridized carbons (Fsp3) is 1.00. The molecule has 1 rings (SSSR count). The van der Waals surface area contributed by atoms with Gasteiger partial charge in [-0.15, -0.1) is 11.6 Å². The molecule has 0 saturated carbocycles. The summed E-state index contributed by atoms with van der Waals surface area (Å²) in [5.74, 6) is 0.227. The smallest absolute Gasteiger partial charge is 0.271 e. The van der Waals surface area contributed by atoms with E-state index in [1.54, 1.807) is 4.67 Å². The second-order valence-electron chi connectivity index (χ2n) is 2.64. The van der Waals surface area contributed by atoms with Gasteiger partial charge in [-0.1, -0.05) is 0 Å². The molecule has 0 aromatic rings. The van der Waals surface area contributed by atoms with Crippen molar-refractivity contribution in [2.45, 2.75) is 0 Å². The third kappa shape index (κ3) is 2.71. The van der Waals surface area contributed by atoms with Gasteiger partial charge in [-0.2, -0.15) is 0 Å². The van der Waals surface area contributed by atoms with Crippen LogP contribution >= 0.6 is 19.1 Å². The Hall–Kier alpha value is 0.400. The first-order chi connectivity index (χ1) is 5.67. The van der Waals surface area contributed by atoms with Gasteiger partial charge in [0.05, 0.1) is 19.4 Å². The van der Waals surface area contributed by atoms with E-state index in [4.69, 9.17) is 16.3 Å². The highest BCUT2D eigenvalue weighted by molar-refractivity contribution is 7.55. The molecule has 0 radical (unpaired) electrons. The zero-order valence-electron chi connectivity index (χ0n) is 6.78. The van der Waals surface area contributed by atoms with Gasteiger partial charge in [-0.25, -0.2) is 4.67 Å². The lowest BCUT2D eigenvalue weighted by molar-refractivity contribution is 0.0678. The van der Waals surface area contributed by atoms with Crippen LogP contribution in [0, 0.1) is 0 Å². The summed E-state index contributed by atoms with van der Waals surface area (Å²) < 4.78 is 18.1. The molecule has 12 heavy (non-hydrogen) atoms. The molecular weight excluding hydrogens is 200 g/mol. The van der Waals surface area contributed by atoms with Crippen molar-refractivity contribution in [3.8, 4) is 0 Å². The summed E-state index contributed by atoms with van der Waals surface area (Å²) >= 11 is 5.42. The highest BCUT2D eigenvalue weighted by atomic mass is 35.5. The van der Waals surface area contributed by atoms with Crippen molar-refractivity contribution >= 4 is 19.1 Å². The average molecular weight is 214 g/mol. The molecule has 1 saturated heterocycles. The minimum atomic E-state index is -3.15. The lowest BCUT2D eigenvalue weighted by Crippen LogP contribution is -2.34. The summed E-state index contributed by atoms with van der Waals surface area (Å²) in [6.45, 7) is 2.13. The van der Waals surface area contributed by atoms with Gasteiger partial charge in [-0.05, 0) is 0 Å². The summed E-state index contributed by atoms with van der Waals surface area (Å²) in [6, 6.07) is 0. The molecule has 1 heterocycles. The van der Waals surface area contributed by atoms with Crippen molar-refractivity contribution in [1.82, 2.24) is 4.67 Å². The van der Waals surface area contributed by atoms with Crippen LogP contribution in [0.2, 0.25) is 0 Å². The van der Waals surface area contributed by atoms with Crippen molar-refractivity contribution in [3.05, 3.63) is 0 Å². The van der Waals surface area contributed by atoms with Crippen LogP contribution in [0.1, 0.15) is 0 Å². The van der Waals surface area contributed by atoms with E-state index < -0.39 is 7.52 Å².